The molecule has 0 atom stereocenters. The molecule has 1 heterocycles. The standard InChI is InChI=1S/C16H16N2O3/c1-17-7-2-8-20-12-4-6-14-16(10-12)21-15-9-11(19)3-5-13(15)18-14/h3-6,9-10,17H,2,7-8H2,1H3. The molecule has 108 valence electrons. The molecule has 1 aromatic rings. The highest BCUT2D eigenvalue weighted by molar-refractivity contribution is 5.77. The zero-order chi connectivity index (χ0) is 14.7. The lowest BCUT2D eigenvalue weighted by atomic mass is 10.2. The average molecular weight is 284 g/mol. The maximum absolute atomic E-state index is 11.4. The summed E-state index contributed by atoms with van der Waals surface area (Å²) in [6.45, 7) is 1.55. The molecule has 5 heteroatoms. The molecule has 3 rings (SSSR count). The van der Waals surface area contributed by atoms with E-state index in [1.54, 1.807) is 12.1 Å². The molecule has 0 saturated carbocycles. The first-order valence-corrected chi connectivity index (χ1v) is 6.88. The third-order valence-corrected chi connectivity index (χ3v) is 3.16. The van der Waals surface area contributed by atoms with E-state index in [1.807, 2.05) is 19.2 Å². The molecule has 21 heavy (non-hydrogen) atoms. The van der Waals surface area contributed by atoms with Gasteiger partial charge in [-0.3, -0.25) is 4.79 Å². The molecule has 0 radical (unpaired) electrons. The molecular formula is C16H16N2O3. The second-order valence-corrected chi connectivity index (χ2v) is 4.78. The third-order valence-electron chi connectivity index (χ3n) is 3.16. The second kappa shape index (κ2) is 5.93. The number of nitrogens with one attached hydrogen (secondary N) is 1. The number of aromatic nitrogens is 1. The van der Waals surface area contributed by atoms with Gasteiger partial charge in [-0.15, -0.1) is 0 Å². The van der Waals surface area contributed by atoms with Gasteiger partial charge in [0.15, 0.2) is 16.8 Å². The number of benzene rings is 2. The number of ether oxygens (including phenoxy) is 1. The highest BCUT2D eigenvalue weighted by Gasteiger charge is 2.09. The molecule has 0 bridgehead atoms. The van der Waals surface area contributed by atoms with Crippen molar-refractivity contribution in [3.05, 3.63) is 46.6 Å². The number of rotatable bonds is 5. The Balaban J connectivity index is 1.91. The van der Waals surface area contributed by atoms with Crippen LogP contribution in [-0.2, 0) is 0 Å². The van der Waals surface area contributed by atoms with Crippen LogP contribution in [0.2, 0.25) is 0 Å². The lowest BCUT2D eigenvalue weighted by Gasteiger charge is -2.08. The topological polar surface area (TPSA) is 64.4 Å². The van der Waals surface area contributed by atoms with E-state index < -0.39 is 0 Å². The van der Waals surface area contributed by atoms with Crippen LogP contribution in [0.3, 0.4) is 0 Å². The van der Waals surface area contributed by atoms with Gasteiger partial charge in [0.2, 0.25) is 0 Å². The monoisotopic (exact) mass is 284 g/mol. The molecule has 0 fully saturated rings. The van der Waals surface area contributed by atoms with E-state index in [1.165, 1.54) is 12.1 Å². The van der Waals surface area contributed by atoms with Crippen molar-refractivity contribution in [3.63, 3.8) is 0 Å². The lowest BCUT2D eigenvalue weighted by molar-refractivity contribution is 0.310. The summed E-state index contributed by atoms with van der Waals surface area (Å²) in [7, 11) is 1.91. The van der Waals surface area contributed by atoms with Crippen molar-refractivity contribution in [2.75, 3.05) is 20.2 Å². The zero-order valence-electron chi connectivity index (χ0n) is 11.8. The quantitative estimate of drug-likeness (QED) is 0.575. The first-order valence-electron chi connectivity index (χ1n) is 6.88. The number of hydrogen-bond donors (Lipinski definition) is 1. The summed E-state index contributed by atoms with van der Waals surface area (Å²) in [5, 5.41) is 3.07. The van der Waals surface area contributed by atoms with E-state index in [4.69, 9.17) is 9.15 Å². The largest absolute Gasteiger partial charge is 0.493 e. The zero-order valence-corrected chi connectivity index (χ0v) is 11.8. The van der Waals surface area contributed by atoms with Crippen LogP contribution >= 0.6 is 0 Å². The fourth-order valence-corrected chi connectivity index (χ4v) is 2.11. The molecule has 1 aliphatic carbocycles. The van der Waals surface area contributed by atoms with Gasteiger partial charge in [0, 0.05) is 12.1 Å². The summed E-state index contributed by atoms with van der Waals surface area (Å²) in [5.74, 6) is 1.23. The van der Waals surface area contributed by atoms with E-state index >= 15 is 0 Å². The average Bonchev–Trinajstić information content (AvgIpc) is 2.49. The Morgan fingerprint density at radius 3 is 3.00 bits per heavy atom. The smallest absolute Gasteiger partial charge is 0.182 e. The number of hydrogen-bond acceptors (Lipinski definition) is 5. The highest BCUT2D eigenvalue weighted by atomic mass is 16.5. The van der Waals surface area contributed by atoms with Gasteiger partial charge in [-0.2, -0.15) is 0 Å². The van der Waals surface area contributed by atoms with E-state index in [2.05, 4.69) is 10.3 Å². The second-order valence-electron chi connectivity index (χ2n) is 4.78. The van der Waals surface area contributed by atoms with E-state index in [0.29, 0.717) is 23.6 Å². The Hall–Kier alpha value is -2.40. The van der Waals surface area contributed by atoms with Gasteiger partial charge in [-0.1, -0.05) is 0 Å². The number of fused-ring (bicyclic) bond motifs is 2. The molecule has 0 saturated heterocycles. The van der Waals surface area contributed by atoms with Gasteiger partial charge in [-0.05, 0) is 44.3 Å². The normalized spacial score (nSPS) is 11.1. The first kappa shape index (κ1) is 13.6. The fraction of sp³-hybridized carbons (Fsp3) is 0.250. The summed E-state index contributed by atoms with van der Waals surface area (Å²) >= 11 is 0. The van der Waals surface area contributed by atoms with E-state index in [0.717, 1.165) is 24.2 Å². The summed E-state index contributed by atoms with van der Waals surface area (Å²) in [6.07, 6.45) is 0.932. The SMILES string of the molecule is CNCCCOc1ccc2nc3ccc(=O)cc-3oc2c1. The van der Waals surface area contributed by atoms with Crippen molar-refractivity contribution in [3.8, 4) is 17.2 Å². The van der Waals surface area contributed by atoms with Gasteiger partial charge in [0.25, 0.3) is 0 Å². The van der Waals surface area contributed by atoms with Crippen LogP contribution in [0.25, 0.3) is 22.6 Å². The molecule has 0 spiro atoms. The molecule has 1 aliphatic heterocycles. The van der Waals surface area contributed by atoms with Crippen LogP contribution in [0.5, 0.6) is 5.75 Å². The van der Waals surface area contributed by atoms with Gasteiger partial charge in [-0.25, -0.2) is 4.98 Å². The van der Waals surface area contributed by atoms with E-state index in [9.17, 15) is 4.79 Å². The molecule has 1 aromatic carbocycles. The number of nitrogens with zero attached hydrogens (tertiary/aromatic N) is 1. The van der Waals surface area contributed by atoms with Gasteiger partial charge in [0.05, 0.1) is 6.61 Å². The predicted molar refractivity (Wildman–Crippen MR) is 80.9 cm³/mol. The van der Waals surface area contributed by atoms with Crippen molar-refractivity contribution in [2.24, 2.45) is 0 Å². The van der Waals surface area contributed by atoms with Gasteiger partial charge in [0.1, 0.15) is 17.0 Å². The molecule has 5 nitrogen and oxygen atoms in total. The molecule has 2 aliphatic rings. The van der Waals surface area contributed by atoms with Gasteiger partial charge < -0.3 is 14.5 Å². The Labute approximate surface area is 121 Å². The Morgan fingerprint density at radius 2 is 2.14 bits per heavy atom. The summed E-state index contributed by atoms with van der Waals surface area (Å²) in [4.78, 5) is 15.8. The van der Waals surface area contributed by atoms with Crippen LogP contribution in [-0.4, -0.2) is 25.2 Å². The Bertz CT molecular complexity index is 782. The highest BCUT2D eigenvalue weighted by Crippen LogP contribution is 2.26. The van der Waals surface area contributed by atoms with E-state index in [-0.39, 0.29) is 5.43 Å². The molecule has 1 N–H and O–H groups in total. The minimum Gasteiger partial charge on any atom is -0.493 e. The van der Waals surface area contributed by atoms with Crippen molar-refractivity contribution < 1.29 is 9.15 Å². The summed E-state index contributed by atoms with van der Waals surface area (Å²) < 4.78 is 11.4. The van der Waals surface area contributed by atoms with Crippen LogP contribution in [0, 0.1) is 0 Å². The maximum atomic E-state index is 11.4. The molecule has 0 amide bonds. The fourth-order valence-electron chi connectivity index (χ4n) is 2.11. The van der Waals surface area contributed by atoms with Crippen LogP contribution in [0.4, 0.5) is 0 Å². The first-order chi connectivity index (χ1) is 10.3. The summed E-state index contributed by atoms with van der Waals surface area (Å²) in [6, 6.07) is 10.1. The van der Waals surface area contributed by atoms with Crippen molar-refractivity contribution in [1.82, 2.24) is 10.3 Å². The van der Waals surface area contributed by atoms with Crippen molar-refractivity contribution >= 4 is 11.1 Å². The lowest BCUT2D eigenvalue weighted by Crippen LogP contribution is -2.11. The Kier molecular flexibility index (Phi) is 3.83. The van der Waals surface area contributed by atoms with Crippen LogP contribution < -0.4 is 15.5 Å². The van der Waals surface area contributed by atoms with Crippen LogP contribution in [0.15, 0.2) is 45.6 Å². The molecule has 0 aromatic heterocycles. The maximum Gasteiger partial charge on any atom is 0.182 e. The minimum atomic E-state index is -0.0909. The van der Waals surface area contributed by atoms with Gasteiger partial charge >= 0.3 is 0 Å². The van der Waals surface area contributed by atoms with Crippen molar-refractivity contribution in [1.29, 1.82) is 0 Å². The van der Waals surface area contributed by atoms with Crippen molar-refractivity contribution in [2.45, 2.75) is 6.42 Å². The van der Waals surface area contributed by atoms with Crippen LogP contribution in [0.1, 0.15) is 6.42 Å². The molecular weight excluding hydrogens is 268 g/mol. The minimum absolute atomic E-state index is 0.0909. The summed E-state index contributed by atoms with van der Waals surface area (Å²) in [5.41, 5.74) is 1.93. The Morgan fingerprint density at radius 1 is 1.24 bits per heavy atom. The third kappa shape index (κ3) is 3.03. The molecule has 0 unspecified atom stereocenters. The predicted octanol–water partition coefficient (Wildman–Crippen LogP) is 2.28.